The Bertz CT molecular complexity index is 653. The molecule has 0 saturated heterocycles. The molecule has 2 atom stereocenters. The van der Waals surface area contributed by atoms with Gasteiger partial charge in [0.2, 0.25) is 5.91 Å². The zero-order chi connectivity index (χ0) is 17.4. The number of rotatable bonds is 8. The first-order valence-corrected chi connectivity index (χ1v) is 8.09. The maximum atomic E-state index is 12.4. The zero-order valence-corrected chi connectivity index (χ0v) is 14.2. The average Bonchev–Trinajstić information content (AvgIpc) is 2.61. The Labute approximate surface area is 143 Å². The van der Waals surface area contributed by atoms with Gasteiger partial charge < -0.3 is 10.1 Å². The molecule has 4 nitrogen and oxygen atoms in total. The molecule has 2 rings (SSSR count). The number of hydrogen-bond acceptors (Lipinski definition) is 3. The number of ether oxygens (including phenoxy) is 1. The van der Waals surface area contributed by atoms with Crippen molar-refractivity contribution in [2.75, 3.05) is 6.61 Å². The lowest BCUT2D eigenvalue weighted by Gasteiger charge is -2.21. The molecule has 1 aromatic heterocycles. The molecule has 0 aliphatic rings. The van der Waals surface area contributed by atoms with Crippen LogP contribution in [0.15, 0.2) is 61.3 Å². The maximum Gasteiger partial charge on any atom is 0.249 e. The lowest BCUT2D eigenvalue weighted by atomic mass is 10.0. The molecule has 126 valence electrons. The van der Waals surface area contributed by atoms with Crippen molar-refractivity contribution in [3.05, 3.63) is 78.1 Å². The van der Waals surface area contributed by atoms with Gasteiger partial charge in [0.1, 0.15) is 6.10 Å². The van der Waals surface area contributed by atoms with Crippen LogP contribution < -0.4 is 5.32 Å². The summed E-state index contributed by atoms with van der Waals surface area (Å²) in [5.74, 6) is -0.153. The third-order valence-corrected chi connectivity index (χ3v) is 3.76. The van der Waals surface area contributed by atoms with Crippen LogP contribution in [-0.4, -0.2) is 23.6 Å². The second-order valence-electron chi connectivity index (χ2n) is 5.77. The Morgan fingerprint density at radius 3 is 2.67 bits per heavy atom. The molecular weight excluding hydrogens is 300 g/mol. The SMILES string of the molecule is C=CCO[C@@H](C)C(=O)N[C@@H](Cc1ccc(C)cc1)c1ccccn1. The number of benzene rings is 1. The summed E-state index contributed by atoms with van der Waals surface area (Å²) in [6.45, 7) is 7.74. The second kappa shape index (κ2) is 8.99. The Kier molecular flexibility index (Phi) is 6.70. The normalized spacial score (nSPS) is 13.1. The van der Waals surface area contributed by atoms with Gasteiger partial charge in [-0.15, -0.1) is 6.58 Å². The van der Waals surface area contributed by atoms with E-state index in [9.17, 15) is 4.79 Å². The van der Waals surface area contributed by atoms with Gasteiger partial charge in [-0.3, -0.25) is 9.78 Å². The molecule has 0 spiro atoms. The van der Waals surface area contributed by atoms with Crippen LogP contribution in [0.2, 0.25) is 0 Å². The number of hydrogen-bond donors (Lipinski definition) is 1. The fraction of sp³-hybridized carbons (Fsp3) is 0.300. The van der Waals surface area contributed by atoms with Gasteiger partial charge in [-0.1, -0.05) is 42.0 Å². The topological polar surface area (TPSA) is 51.2 Å². The monoisotopic (exact) mass is 324 g/mol. The number of carbonyl (C=O) groups is 1. The Morgan fingerprint density at radius 1 is 1.29 bits per heavy atom. The van der Waals surface area contributed by atoms with E-state index >= 15 is 0 Å². The first-order chi connectivity index (χ1) is 11.6. The molecule has 1 amide bonds. The van der Waals surface area contributed by atoms with Crippen LogP contribution in [-0.2, 0) is 16.0 Å². The van der Waals surface area contributed by atoms with Crippen molar-refractivity contribution in [1.29, 1.82) is 0 Å². The predicted octanol–water partition coefficient (Wildman–Crippen LogP) is 3.38. The van der Waals surface area contributed by atoms with E-state index in [2.05, 4.69) is 48.1 Å². The maximum absolute atomic E-state index is 12.4. The zero-order valence-electron chi connectivity index (χ0n) is 14.2. The molecule has 0 aliphatic heterocycles. The molecule has 0 unspecified atom stereocenters. The van der Waals surface area contributed by atoms with E-state index < -0.39 is 6.10 Å². The van der Waals surface area contributed by atoms with Gasteiger partial charge in [0.15, 0.2) is 0 Å². The van der Waals surface area contributed by atoms with Gasteiger partial charge >= 0.3 is 0 Å². The summed E-state index contributed by atoms with van der Waals surface area (Å²) >= 11 is 0. The van der Waals surface area contributed by atoms with Crippen molar-refractivity contribution in [3.8, 4) is 0 Å². The molecule has 24 heavy (non-hydrogen) atoms. The van der Waals surface area contributed by atoms with Crippen LogP contribution in [0.1, 0.15) is 29.8 Å². The molecule has 0 saturated carbocycles. The van der Waals surface area contributed by atoms with Gasteiger partial charge in [-0.25, -0.2) is 0 Å². The molecule has 2 aromatic rings. The van der Waals surface area contributed by atoms with Crippen LogP contribution in [0.5, 0.6) is 0 Å². The molecule has 0 aliphatic carbocycles. The van der Waals surface area contributed by atoms with E-state index in [4.69, 9.17) is 4.74 Å². The third kappa shape index (κ3) is 5.32. The van der Waals surface area contributed by atoms with Gasteiger partial charge in [-0.05, 0) is 38.0 Å². The number of aromatic nitrogens is 1. The molecule has 1 N–H and O–H groups in total. The average molecular weight is 324 g/mol. The highest BCUT2D eigenvalue weighted by Gasteiger charge is 2.20. The smallest absolute Gasteiger partial charge is 0.249 e. The third-order valence-electron chi connectivity index (χ3n) is 3.76. The van der Waals surface area contributed by atoms with Crippen molar-refractivity contribution in [3.63, 3.8) is 0 Å². The summed E-state index contributed by atoms with van der Waals surface area (Å²) in [5, 5.41) is 3.04. The van der Waals surface area contributed by atoms with E-state index in [0.717, 1.165) is 11.3 Å². The Morgan fingerprint density at radius 2 is 2.04 bits per heavy atom. The van der Waals surface area contributed by atoms with E-state index in [-0.39, 0.29) is 11.9 Å². The van der Waals surface area contributed by atoms with Crippen LogP contribution in [0, 0.1) is 6.92 Å². The molecule has 1 heterocycles. The van der Waals surface area contributed by atoms with Gasteiger partial charge in [-0.2, -0.15) is 0 Å². The summed E-state index contributed by atoms with van der Waals surface area (Å²) in [6.07, 6.45) is 3.51. The first kappa shape index (κ1) is 17.9. The van der Waals surface area contributed by atoms with E-state index in [1.165, 1.54) is 5.56 Å². The Balaban J connectivity index is 2.12. The fourth-order valence-corrected chi connectivity index (χ4v) is 2.35. The van der Waals surface area contributed by atoms with E-state index in [1.807, 2.05) is 18.2 Å². The number of nitrogens with one attached hydrogen (secondary N) is 1. The summed E-state index contributed by atoms with van der Waals surface area (Å²) < 4.78 is 5.41. The highest BCUT2D eigenvalue weighted by molar-refractivity contribution is 5.80. The highest BCUT2D eigenvalue weighted by Crippen LogP contribution is 2.17. The largest absolute Gasteiger partial charge is 0.365 e. The summed E-state index contributed by atoms with van der Waals surface area (Å²) in [6, 6.07) is 13.8. The van der Waals surface area contributed by atoms with Gasteiger partial charge in [0.25, 0.3) is 0 Å². The van der Waals surface area contributed by atoms with Gasteiger partial charge in [0, 0.05) is 6.20 Å². The molecule has 0 radical (unpaired) electrons. The predicted molar refractivity (Wildman–Crippen MR) is 95.6 cm³/mol. The van der Waals surface area contributed by atoms with Crippen molar-refractivity contribution < 1.29 is 9.53 Å². The number of carbonyl (C=O) groups excluding carboxylic acids is 1. The van der Waals surface area contributed by atoms with Crippen LogP contribution in [0.4, 0.5) is 0 Å². The van der Waals surface area contributed by atoms with Crippen LogP contribution in [0.3, 0.4) is 0 Å². The molecular formula is C20H24N2O2. The van der Waals surface area contributed by atoms with Crippen molar-refractivity contribution in [2.24, 2.45) is 0 Å². The second-order valence-corrected chi connectivity index (χ2v) is 5.77. The standard InChI is InChI=1S/C20H24N2O2/c1-4-13-24-16(3)20(23)22-19(18-7-5-6-12-21-18)14-17-10-8-15(2)9-11-17/h4-12,16,19H,1,13-14H2,2-3H3,(H,22,23)/t16-,19-/m0/s1. The van der Waals surface area contributed by atoms with Crippen molar-refractivity contribution >= 4 is 5.91 Å². The van der Waals surface area contributed by atoms with E-state index in [0.29, 0.717) is 13.0 Å². The lowest BCUT2D eigenvalue weighted by molar-refractivity contribution is -0.131. The van der Waals surface area contributed by atoms with Crippen LogP contribution in [0.25, 0.3) is 0 Å². The number of amides is 1. The van der Waals surface area contributed by atoms with Crippen molar-refractivity contribution in [1.82, 2.24) is 10.3 Å². The minimum Gasteiger partial charge on any atom is -0.365 e. The number of pyridine rings is 1. The minimum atomic E-state index is -0.535. The number of nitrogens with zero attached hydrogens (tertiary/aromatic N) is 1. The van der Waals surface area contributed by atoms with Crippen LogP contribution >= 0.6 is 0 Å². The highest BCUT2D eigenvalue weighted by atomic mass is 16.5. The van der Waals surface area contributed by atoms with Gasteiger partial charge in [0.05, 0.1) is 18.3 Å². The number of aryl methyl sites for hydroxylation is 1. The van der Waals surface area contributed by atoms with Crippen molar-refractivity contribution in [2.45, 2.75) is 32.4 Å². The van der Waals surface area contributed by atoms with E-state index in [1.54, 1.807) is 19.2 Å². The first-order valence-electron chi connectivity index (χ1n) is 8.09. The summed E-state index contributed by atoms with van der Waals surface area (Å²) in [5.41, 5.74) is 3.20. The quantitative estimate of drug-likeness (QED) is 0.757. The Hall–Kier alpha value is -2.46. The molecule has 0 bridgehead atoms. The fourth-order valence-electron chi connectivity index (χ4n) is 2.35. The summed E-state index contributed by atoms with van der Waals surface area (Å²) in [4.78, 5) is 16.8. The summed E-state index contributed by atoms with van der Waals surface area (Å²) in [7, 11) is 0. The molecule has 4 heteroatoms. The molecule has 0 fully saturated rings. The molecule has 1 aromatic carbocycles. The lowest BCUT2D eigenvalue weighted by Crippen LogP contribution is -2.38. The minimum absolute atomic E-state index is 0.153.